The van der Waals surface area contributed by atoms with Crippen molar-refractivity contribution in [1.82, 2.24) is 4.90 Å². The summed E-state index contributed by atoms with van der Waals surface area (Å²) in [7, 11) is 0. The SMILES string of the molecule is NC1(C(=O)N2CCCC(CCc3ccc(F)cc3F)C2)CC1. The zero-order valence-electron chi connectivity index (χ0n) is 12.7. The third-order valence-electron chi connectivity index (χ3n) is 4.86. The zero-order valence-corrected chi connectivity index (χ0v) is 12.7. The van der Waals surface area contributed by atoms with Crippen LogP contribution in [0.3, 0.4) is 0 Å². The molecule has 1 unspecified atom stereocenters. The Morgan fingerprint density at radius 1 is 1.36 bits per heavy atom. The predicted molar refractivity (Wildman–Crippen MR) is 80.1 cm³/mol. The number of benzene rings is 1. The van der Waals surface area contributed by atoms with Gasteiger partial charge in [0.25, 0.3) is 0 Å². The Morgan fingerprint density at radius 3 is 2.82 bits per heavy atom. The van der Waals surface area contributed by atoms with Crippen molar-refractivity contribution in [2.45, 2.75) is 44.1 Å². The van der Waals surface area contributed by atoms with Gasteiger partial charge in [-0.15, -0.1) is 0 Å². The van der Waals surface area contributed by atoms with Crippen LogP contribution in [-0.4, -0.2) is 29.4 Å². The van der Waals surface area contributed by atoms with E-state index in [9.17, 15) is 13.6 Å². The number of piperidine rings is 1. The fourth-order valence-electron chi connectivity index (χ4n) is 3.23. The lowest BCUT2D eigenvalue weighted by Gasteiger charge is -2.34. The van der Waals surface area contributed by atoms with Crippen LogP contribution in [0, 0.1) is 17.6 Å². The Morgan fingerprint density at radius 2 is 2.14 bits per heavy atom. The lowest BCUT2D eigenvalue weighted by molar-refractivity contribution is -0.135. The lowest BCUT2D eigenvalue weighted by atomic mass is 9.91. The number of likely N-dealkylation sites (tertiary alicyclic amines) is 1. The van der Waals surface area contributed by atoms with Crippen molar-refractivity contribution in [3.8, 4) is 0 Å². The van der Waals surface area contributed by atoms with E-state index in [1.165, 1.54) is 12.1 Å². The van der Waals surface area contributed by atoms with Gasteiger partial charge in [0.2, 0.25) is 5.91 Å². The second-order valence-corrected chi connectivity index (χ2v) is 6.69. The summed E-state index contributed by atoms with van der Waals surface area (Å²) in [5.41, 5.74) is 5.93. The molecule has 2 fully saturated rings. The second kappa shape index (κ2) is 5.95. The topological polar surface area (TPSA) is 46.3 Å². The van der Waals surface area contributed by atoms with Gasteiger partial charge < -0.3 is 10.6 Å². The first-order chi connectivity index (χ1) is 10.5. The summed E-state index contributed by atoms with van der Waals surface area (Å²) in [5.74, 6) is -0.592. The molecule has 1 atom stereocenters. The number of nitrogens with zero attached hydrogens (tertiary/aromatic N) is 1. The fraction of sp³-hybridized carbons (Fsp3) is 0.588. The minimum atomic E-state index is -0.606. The monoisotopic (exact) mass is 308 g/mol. The number of nitrogens with two attached hydrogens (primary N) is 1. The molecule has 1 aliphatic heterocycles. The van der Waals surface area contributed by atoms with E-state index in [2.05, 4.69) is 0 Å². The Balaban J connectivity index is 1.55. The Labute approximate surface area is 129 Å². The van der Waals surface area contributed by atoms with Crippen molar-refractivity contribution in [2.75, 3.05) is 13.1 Å². The van der Waals surface area contributed by atoms with Crippen LogP contribution in [0.5, 0.6) is 0 Å². The van der Waals surface area contributed by atoms with E-state index in [0.29, 0.717) is 24.4 Å². The molecule has 3 rings (SSSR count). The molecular weight excluding hydrogens is 286 g/mol. The molecule has 1 saturated carbocycles. The molecule has 2 N–H and O–H groups in total. The van der Waals surface area contributed by atoms with E-state index in [-0.39, 0.29) is 5.91 Å². The number of carbonyl (C=O) groups is 1. The number of halogens is 2. The normalized spacial score (nSPS) is 23.4. The van der Waals surface area contributed by atoms with Gasteiger partial charge >= 0.3 is 0 Å². The predicted octanol–water partition coefficient (Wildman–Crippen LogP) is 2.63. The molecule has 0 radical (unpaired) electrons. The molecule has 2 aliphatic rings. The van der Waals surface area contributed by atoms with E-state index in [4.69, 9.17) is 5.73 Å². The van der Waals surface area contributed by atoms with Gasteiger partial charge in [-0.25, -0.2) is 8.78 Å². The summed E-state index contributed by atoms with van der Waals surface area (Å²) >= 11 is 0. The maximum Gasteiger partial charge on any atom is 0.242 e. The minimum absolute atomic E-state index is 0.0742. The van der Waals surface area contributed by atoms with Crippen molar-refractivity contribution in [3.63, 3.8) is 0 Å². The first-order valence-corrected chi connectivity index (χ1v) is 8.00. The molecule has 0 spiro atoms. The molecule has 22 heavy (non-hydrogen) atoms. The second-order valence-electron chi connectivity index (χ2n) is 6.69. The highest BCUT2D eigenvalue weighted by Gasteiger charge is 2.48. The molecule has 0 bridgehead atoms. The summed E-state index contributed by atoms with van der Waals surface area (Å²) in [6, 6.07) is 3.73. The highest BCUT2D eigenvalue weighted by Crippen LogP contribution is 2.35. The molecule has 120 valence electrons. The van der Waals surface area contributed by atoms with Crippen LogP contribution < -0.4 is 5.73 Å². The van der Waals surface area contributed by atoms with E-state index in [1.54, 1.807) is 0 Å². The van der Waals surface area contributed by atoms with Gasteiger partial charge in [-0.05, 0) is 56.1 Å². The van der Waals surface area contributed by atoms with Gasteiger partial charge in [0.15, 0.2) is 0 Å². The lowest BCUT2D eigenvalue weighted by Crippen LogP contribution is -2.49. The van der Waals surface area contributed by atoms with Gasteiger partial charge in [-0.3, -0.25) is 4.79 Å². The third kappa shape index (κ3) is 3.29. The number of aryl methyl sites for hydroxylation is 1. The summed E-state index contributed by atoms with van der Waals surface area (Å²) in [6.07, 6.45) is 4.97. The number of hydrogen-bond acceptors (Lipinski definition) is 2. The van der Waals surface area contributed by atoms with Crippen molar-refractivity contribution in [1.29, 1.82) is 0 Å². The van der Waals surface area contributed by atoms with Crippen LogP contribution in [0.2, 0.25) is 0 Å². The van der Waals surface area contributed by atoms with E-state index < -0.39 is 17.2 Å². The average Bonchev–Trinajstić information content (AvgIpc) is 3.25. The first kappa shape index (κ1) is 15.4. The van der Waals surface area contributed by atoms with Crippen LogP contribution in [0.1, 0.15) is 37.7 Å². The smallest absolute Gasteiger partial charge is 0.242 e. The van der Waals surface area contributed by atoms with Crippen LogP contribution >= 0.6 is 0 Å². The number of carbonyl (C=O) groups excluding carboxylic acids is 1. The molecule has 1 aromatic carbocycles. The summed E-state index contributed by atoms with van der Waals surface area (Å²) in [4.78, 5) is 14.2. The van der Waals surface area contributed by atoms with E-state index in [0.717, 1.165) is 44.7 Å². The molecular formula is C17H22F2N2O. The number of rotatable bonds is 4. The quantitative estimate of drug-likeness (QED) is 0.929. The minimum Gasteiger partial charge on any atom is -0.341 e. The van der Waals surface area contributed by atoms with Crippen molar-refractivity contribution in [3.05, 3.63) is 35.4 Å². The Bertz CT molecular complexity index is 572. The van der Waals surface area contributed by atoms with Gasteiger partial charge in [-0.2, -0.15) is 0 Å². The van der Waals surface area contributed by atoms with Crippen molar-refractivity contribution >= 4 is 5.91 Å². The molecule has 0 aromatic heterocycles. The molecule has 1 aromatic rings. The van der Waals surface area contributed by atoms with Crippen molar-refractivity contribution in [2.24, 2.45) is 11.7 Å². The van der Waals surface area contributed by atoms with E-state index in [1.807, 2.05) is 4.90 Å². The molecule has 1 aliphatic carbocycles. The standard InChI is InChI=1S/C17H22F2N2O/c18-14-6-5-13(15(19)10-14)4-3-12-2-1-9-21(11-12)16(22)17(20)7-8-17/h5-6,10,12H,1-4,7-9,11,20H2. The highest BCUT2D eigenvalue weighted by molar-refractivity contribution is 5.89. The van der Waals surface area contributed by atoms with Crippen LogP contribution in [0.4, 0.5) is 8.78 Å². The summed E-state index contributed by atoms with van der Waals surface area (Å²) < 4.78 is 26.6. The Hall–Kier alpha value is -1.49. The summed E-state index contributed by atoms with van der Waals surface area (Å²) in [6.45, 7) is 1.49. The molecule has 1 saturated heterocycles. The van der Waals surface area contributed by atoms with Crippen LogP contribution in [0.15, 0.2) is 18.2 Å². The maximum atomic E-state index is 13.7. The molecule has 1 amide bonds. The summed E-state index contributed by atoms with van der Waals surface area (Å²) in [5, 5.41) is 0. The highest BCUT2D eigenvalue weighted by atomic mass is 19.1. The molecule has 1 heterocycles. The van der Waals surface area contributed by atoms with Gasteiger partial charge in [-0.1, -0.05) is 6.07 Å². The van der Waals surface area contributed by atoms with Gasteiger partial charge in [0.05, 0.1) is 5.54 Å². The van der Waals surface area contributed by atoms with Gasteiger partial charge in [0, 0.05) is 19.2 Å². The first-order valence-electron chi connectivity index (χ1n) is 8.00. The zero-order chi connectivity index (χ0) is 15.7. The maximum absolute atomic E-state index is 13.7. The van der Waals surface area contributed by atoms with Crippen LogP contribution in [0.25, 0.3) is 0 Å². The number of hydrogen-bond donors (Lipinski definition) is 1. The van der Waals surface area contributed by atoms with Crippen LogP contribution in [-0.2, 0) is 11.2 Å². The number of amides is 1. The molecule has 3 nitrogen and oxygen atoms in total. The largest absolute Gasteiger partial charge is 0.341 e. The van der Waals surface area contributed by atoms with E-state index >= 15 is 0 Å². The Kier molecular flexibility index (Phi) is 4.17. The van der Waals surface area contributed by atoms with Gasteiger partial charge in [0.1, 0.15) is 11.6 Å². The average molecular weight is 308 g/mol. The third-order valence-corrected chi connectivity index (χ3v) is 4.86. The molecule has 5 heteroatoms. The fourth-order valence-corrected chi connectivity index (χ4v) is 3.23. The van der Waals surface area contributed by atoms with Crippen molar-refractivity contribution < 1.29 is 13.6 Å².